The maximum Gasteiger partial charge on any atom is 0.183 e. The molecule has 1 N–H and O–H groups in total. The summed E-state index contributed by atoms with van der Waals surface area (Å²) < 4.78 is 0. The van der Waals surface area contributed by atoms with Gasteiger partial charge in [0.2, 0.25) is 0 Å². The fraction of sp³-hybridized carbons (Fsp3) is 0.0952. The predicted molar refractivity (Wildman–Crippen MR) is 104 cm³/mol. The highest BCUT2D eigenvalue weighted by Crippen LogP contribution is 2.29. The number of aromatic nitrogens is 1. The molecule has 2 nitrogen and oxygen atoms in total. The molecule has 4 aromatic rings. The van der Waals surface area contributed by atoms with E-state index in [1.807, 2.05) is 6.07 Å². The van der Waals surface area contributed by atoms with Crippen LogP contribution in [0.15, 0.2) is 78.2 Å². The monoisotopic (exact) mass is 330 g/mol. The smallest absolute Gasteiger partial charge is 0.183 e. The molecule has 1 aromatic heterocycles. The summed E-state index contributed by atoms with van der Waals surface area (Å²) in [5.74, 6) is 0. The maximum absolute atomic E-state index is 4.76. The van der Waals surface area contributed by atoms with Crippen LogP contribution in [0, 0.1) is 0 Å². The quantitative estimate of drug-likeness (QED) is 0.486. The second-order valence-electron chi connectivity index (χ2n) is 5.88. The fourth-order valence-corrected chi connectivity index (χ4v) is 3.64. The summed E-state index contributed by atoms with van der Waals surface area (Å²) in [6.45, 7) is 2.16. The molecule has 0 aliphatic heterocycles. The molecule has 0 aliphatic rings. The molecule has 24 heavy (non-hydrogen) atoms. The Labute approximate surface area is 145 Å². The first-order valence-corrected chi connectivity index (χ1v) is 8.94. The third-order valence-corrected chi connectivity index (χ3v) is 4.96. The number of nitrogens with one attached hydrogen (secondary N) is 1. The lowest BCUT2D eigenvalue weighted by Gasteiger charge is -2.12. The minimum absolute atomic E-state index is 0.238. The van der Waals surface area contributed by atoms with Crippen molar-refractivity contribution in [1.82, 2.24) is 4.98 Å². The number of rotatable bonds is 4. The van der Waals surface area contributed by atoms with Gasteiger partial charge in [-0.1, -0.05) is 66.7 Å². The molecule has 0 aliphatic carbocycles. The number of thiazole rings is 1. The van der Waals surface area contributed by atoms with E-state index in [1.54, 1.807) is 11.3 Å². The van der Waals surface area contributed by atoms with Gasteiger partial charge in [0.15, 0.2) is 5.13 Å². The van der Waals surface area contributed by atoms with Crippen LogP contribution in [0.1, 0.15) is 18.5 Å². The standard InChI is InChI=1S/C21H18N2S/c1-15(16-7-3-2-4-8-16)22-21-23-20(14-24-21)19-12-11-17-9-5-6-10-18(17)13-19/h2-15H,1H3,(H,22,23)/t15-/m1/s1. The van der Waals surface area contributed by atoms with Gasteiger partial charge in [-0.25, -0.2) is 4.98 Å². The Bertz CT molecular complexity index is 960. The molecule has 0 saturated heterocycles. The highest BCUT2D eigenvalue weighted by molar-refractivity contribution is 7.14. The van der Waals surface area contributed by atoms with Gasteiger partial charge in [0, 0.05) is 10.9 Å². The number of hydrogen-bond acceptors (Lipinski definition) is 3. The molecule has 3 heteroatoms. The summed E-state index contributed by atoms with van der Waals surface area (Å²) in [6.07, 6.45) is 0. The molecule has 118 valence electrons. The predicted octanol–water partition coefficient (Wildman–Crippen LogP) is 6.14. The molecular formula is C21H18N2S. The second-order valence-corrected chi connectivity index (χ2v) is 6.73. The molecule has 1 heterocycles. The van der Waals surface area contributed by atoms with Gasteiger partial charge in [0.25, 0.3) is 0 Å². The van der Waals surface area contributed by atoms with Crippen molar-refractivity contribution in [3.8, 4) is 11.3 Å². The normalized spacial score (nSPS) is 12.2. The van der Waals surface area contributed by atoms with Gasteiger partial charge in [-0.15, -0.1) is 11.3 Å². The highest BCUT2D eigenvalue weighted by Gasteiger charge is 2.09. The van der Waals surface area contributed by atoms with Crippen molar-refractivity contribution in [2.45, 2.75) is 13.0 Å². The van der Waals surface area contributed by atoms with E-state index in [4.69, 9.17) is 4.98 Å². The van der Waals surface area contributed by atoms with Gasteiger partial charge < -0.3 is 5.32 Å². The molecule has 0 bridgehead atoms. The van der Waals surface area contributed by atoms with Crippen molar-refractivity contribution in [3.05, 3.63) is 83.7 Å². The molecule has 4 rings (SSSR count). The molecule has 0 saturated carbocycles. The summed E-state index contributed by atoms with van der Waals surface area (Å²) >= 11 is 1.65. The molecule has 0 radical (unpaired) electrons. The summed E-state index contributed by atoms with van der Waals surface area (Å²) in [6, 6.07) is 25.6. The third kappa shape index (κ3) is 3.03. The van der Waals surface area contributed by atoms with Gasteiger partial charge in [-0.05, 0) is 29.3 Å². The van der Waals surface area contributed by atoms with Crippen LogP contribution in [0.2, 0.25) is 0 Å². The second kappa shape index (κ2) is 6.46. The molecule has 0 fully saturated rings. The van der Waals surface area contributed by atoms with Crippen molar-refractivity contribution in [2.75, 3.05) is 5.32 Å². The van der Waals surface area contributed by atoms with Crippen LogP contribution < -0.4 is 5.32 Å². The van der Waals surface area contributed by atoms with Crippen molar-refractivity contribution >= 4 is 27.2 Å². The van der Waals surface area contributed by atoms with E-state index in [-0.39, 0.29) is 6.04 Å². The van der Waals surface area contributed by atoms with E-state index in [1.165, 1.54) is 16.3 Å². The Balaban J connectivity index is 1.57. The number of anilines is 1. The first-order valence-electron chi connectivity index (χ1n) is 8.06. The van der Waals surface area contributed by atoms with Gasteiger partial charge in [0.05, 0.1) is 11.7 Å². The summed E-state index contributed by atoms with van der Waals surface area (Å²) in [5, 5.41) is 9.06. The lowest BCUT2D eigenvalue weighted by atomic mass is 10.1. The van der Waals surface area contributed by atoms with E-state index < -0.39 is 0 Å². The first-order chi connectivity index (χ1) is 11.8. The molecule has 0 amide bonds. The van der Waals surface area contributed by atoms with Crippen LogP contribution in [0.25, 0.3) is 22.0 Å². The number of benzene rings is 3. The van der Waals surface area contributed by atoms with E-state index in [2.05, 4.69) is 84.4 Å². The minimum Gasteiger partial charge on any atom is -0.355 e. The van der Waals surface area contributed by atoms with Crippen LogP contribution in [-0.4, -0.2) is 4.98 Å². The molecule has 1 atom stereocenters. The van der Waals surface area contributed by atoms with E-state index in [0.29, 0.717) is 0 Å². The van der Waals surface area contributed by atoms with Crippen LogP contribution >= 0.6 is 11.3 Å². The average molecular weight is 330 g/mol. The van der Waals surface area contributed by atoms with Crippen LogP contribution in [0.5, 0.6) is 0 Å². The molecule has 0 unspecified atom stereocenters. The third-order valence-electron chi connectivity index (χ3n) is 4.19. The van der Waals surface area contributed by atoms with Gasteiger partial charge >= 0.3 is 0 Å². The van der Waals surface area contributed by atoms with E-state index in [9.17, 15) is 0 Å². The zero-order chi connectivity index (χ0) is 16.4. The van der Waals surface area contributed by atoms with Gasteiger partial charge in [-0.2, -0.15) is 0 Å². The van der Waals surface area contributed by atoms with Gasteiger partial charge in [-0.3, -0.25) is 0 Å². The van der Waals surface area contributed by atoms with Crippen molar-refractivity contribution in [3.63, 3.8) is 0 Å². The van der Waals surface area contributed by atoms with Crippen molar-refractivity contribution in [2.24, 2.45) is 0 Å². The van der Waals surface area contributed by atoms with Crippen LogP contribution in [0.4, 0.5) is 5.13 Å². The molecule has 0 spiro atoms. The average Bonchev–Trinajstić information content (AvgIpc) is 3.10. The molecular weight excluding hydrogens is 312 g/mol. The maximum atomic E-state index is 4.76. The number of hydrogen-bond donors (Lipinski definition) is 1. The summed E-state index contributed by atoms with van der Waals surface area (Å²) in [4.78, 5) is 4.76. The van der Waals surface area contributed by atoms with E-state index >= 15 is 0 Å². The SMILES string of the molecule is C[C@@H](Nc1nc(-c2ccc3ccccc3c2)cs1)c1ccccc1. The molecule has 3 aromatic carbocycles. The Morgan fingerprint density at radius 2 is 1.62 bits per heavy atom. The number of fused-ring (bicyclic) bond motifs is 1. The summed E-state index contributed by atoms with van der Waals surface area (Å²) in [5.41, 5.74) is 3.44. The lowest BCUT2D eigenvalue weighted by Crippen LogP contribution is -2.05. The number of nitrogens with zero attached hydrogens (tertiary/aromatic N) is 1. The Morgan fingerprint density at radius 1 is 0.875 bits per heavy atom. The summed E-state index contributed by atoms with van der Waals surface area (Å²) in [7, 11) is 0. The van der Waals surface area contributed by atoms with Crippen LogP contribution in [0.3, 0.4) is 0 Å². The topological polar surface area (TPSA) is 24.9 Å². The Kier molecular flexibility index (Phi) is 4.01. The Hall–Kier alpha value is -2.65. The van der Waals surface area contributed by atoms with Crippen LogP contribution in [-0.2, 0) is 0 Å². The zero-order valence-electron chi connectivity index (χ0n) is 13.4. The lowest BCUT2D eigenvalue weighted by molar-refractivity contribution is 0.882. The van der Waals surface area contributed by atoms with Gasteiger partial charge in [0.1, 0.15) is 0 Å². The fourth-order valence-electron chi connectivity index (χ4n) is 2.83. The Morgan fingerprint density at radius 3 is 2.46 bits per heavy atom. The van der Waals surface area contributed by atoms with Crippen molar-refractivity contribution in [1.29, 1.82) is 0 Å². The van der Waals surface area contributed by atoms with E-state index in [0.717, 1.165) is 16.4 Å². The highest BCUT2D eigenvalue weighted by atomic mass is 32.1. The minimum atomic E-state index is 0.238. The first kappa shape index (κ1) is 14.9. The van der Waals surface area contributed by atoms with Crippen molar-refractivity contribution < 1.29 is 0 Å². The largest absolute Gasteiger partial charge is 0.355 e. The zero-order valence-corrected chi connectivity index (χ0v) is 14.3.